The second-order valence-electron chi connectivity index (χ2n) is 4.69. The maximum Gasteiger partial charge on any atom is 0.185 e. The molecule has 0 spiro atoms. The lowest BCUT2D eigenvalue weighted by atomic mass is 10.1. The van der Waals surface area contributed by atoms with E-state index in [0.717, 1.165) is 36.9 Å². The lowest BCUT2D eigenvalue weighted by Gasteiger charge is -2.30. The van der Waals surface area contributed by atoms with Crippen LogP contribution < -0.4 is 10.6 Å². The van der Waals surface area contributed by atoms with Crippen LogP contribution in [0.2, 0.25) is 0 Å². The van der Waals surface area contributed by atoms with Crippen molar-refractivity contribution in [2.24, 2.45) is 5.73 Å². The molecule has 1 aliphatic rings. The third-order valence-corrected chi connectivity index (χ3v) is 4.72. The number of thiazole rings is 1. The Labute approximate surface area is 107 Å². The highest BCUT2D eigenvalue weighted by molar-refractivity contribution is 7.15. The summed E-state index contributed by atoms with van der Waals surface area (Å²) in [7, 11) is 2.12. The Hall–Kier alpha value is -0.650. The second kappa shape index (κ2) is 5.33. The summed E-state index contributed by atoms with van der Waals surface area (Å²) < 4.78 is 5.39. The zero-order valence-electron chi connectivity index (χ0n) is 10.8. The Balaban J connectivity index is 2.13. The monoisotopic (exact) mass is 255 g/mol. The van der Waals surface area contributed by atoms with Crippen molar-refractivity contribution in [1.29, 1.82) is 0 Å². The van der Waals surface area contributed by atoms with Crippen molar-refractivity contribution < 1.29 is 4.74 Å². The van der Waals surface area contributed by atoms with Gasteiger partial charge in [-0.1, -0.05) is 0 Å². The third-order valence-electron chi connectivity index (χ3n) is 3.28. The highest BCUT2D eigenvalue weighted by Gasteiger charge is 2.22. The molecule has 0 aromatic carbocycles. The minimum atomic E-state index is 0.0735. The van der Waals surface area contributed by atoms with Gasteiger partial charge in [0.15, 0.2) is 5.13 Å². The smallest absolute Gasteiger partial charge is 0.185 e. The van der Waals surface area contributed by atoms with Gasteiger partial charge in [0.25, 0.3) is 0 Å². The highest BCUT2D eigenvalue weighted by atomic mass is 32.1. The van der Waals surface area contributed by atoms with Crippen molar-refractivity contribution in [1.82, 2.24) is 4.98 Å². The first-order chi connectivity index (χ1) is 8.09. The molecule has 1 aliphatic heterocycles. The molecule has 2 rings (SSSR count). The van der Waals surface area contributed by atoms with Crippen LogP contribution in [0.25, 0.3) is 0 Å². The van der Waals surface area contributed by atoms with E-state index < -0.39 is 0 Å². The van der Waals surface area contributed by atoms with Crippen molar-refractivity contribution in [2.45, 2.75) is 38.8 Å². The van der Waals surface area contributed by atoms with Gasteiger partial charge in [0.2, 0.25) is 0 Å². The molecule has 1 saturated heterocycles. The van der Waals surface area contributed by atoms with E-state index in [9.17, 15) is 0 Å². The first-order valence-electron chi connectivity index (χ1n) is 6.13. The fraction of sp³-hybridized carbons (Fsp3) is 0.750. The summed E-state index contributed by atoms with van der Waals surface area (Å²) in [5, 5.41) is 1.08. The normalized spacial score (nSPS) is 19.3. The second-order valence-corrected chi connectivity index (χ2v) is 5.70. The average molecular weight is 255 g/mol. The van der Waals surface area contributed by atoms with E-state index >= 15 is 0 Å². The number of anilines is 1. The summed E-state index contributed by atoms with van der Waals surface area (Å²) in [5.74, 6) is 0. The molecular weight excluding hydrogens is 234 g/mol. The number of nitrogens with zero attached hydrogens (tertiary/aromatic N) is 2. The molecule has 0 saturated carbocycles. The summed E-state index contributed by atoms with van der Waals surface area (Å²) in [6.07, 6.45) is 2.17. The molecule has 5 heteroatoms. The van der Waals surface area contributed by atoms with Crippen molar-refractivity contribution in [3.8, 4) is 0 Å². The lowest BCUT2D eigenvalue weighted by Crippen LogP contribution is -2.36. The van der Waals surface area contributed by atoms with Crippen LogP contribution in [0.15, 0.2) is 0 Å². The maximum absolute atomic E-state index is 5.94. The van der Waals surface area contributed by atoms with Crippen LogP contribution in [0.1, 0.15) is 36.4 Å². The van der Waals surface area contributed by atoms with Crippen LogP contribution in [0.4, 0.5) is 5.13 Å². The number of rotatable bonds is 3. The van der Waals surface area contributed by atoms with Gasteiger partial charge in [-0.05, 0) is 26.7 Å². The zero-order chi connectivity index (χ0) is 12.4. The third kappa shape index (κ3) is 2.78. The van der Waals surface area contributed by atoms with Gasteiger partial charge in [0, 0.05) is 37.2 Å². The Morgan fingerprint density at radius 1 is 1.47 bits per heavy atom. The van der Waals surface area contributed by atoms with Gasteiger partial charge in [-0.15, -0.1) is 11.3 Å². The van der Waals surface area contributed by atoms with Crippen LogP contribution in [-0.2, 0) is 4.74 Å². The van der Waals surface area contributed by atoms with E-state index in [0.29, 0.717) is 6.04 Å². The van der Waals surface area contributed by atoms with E-state index in [1.807, 2.05) is 13.8 Å². The van der Waals surface area contributed by atoms with Crippen molar-refractivity contribution in [3.05, 3.63) is 10.6 Å². The number of hydrogen-bond acceptors (Lipinski definition) is 5. The fourth-order valence-electron chi connectivity index (χ4n) is 2.20. The van der Waals surface area contributed by atoms with Gasteiger partial charge in [0.05, 0.1) is 5.69 Å². The molecular formula is C12H21N3OS. The number of ether oxygens (including phenoxy) is 1. The van der Waals surface area contributed by atoms with Gasteiger partial charge < -0.3 is 15.4 Å². The van der Waals surface area contributed by atoms with Gasteiger partial charge in [-0.3, -0.25) is 0 Å². The topological polar surface area (TPSA) is 51.4 Å². The first kappa shape index (κ1) is 12.8. The van der Waals surface area contributed by atoms with E-state index in [-0.39, 0.29) is 6.04 Å². The molecule has 0 bridgehead atoms. The molecule has 1 unspecified atom stereocenters. The Kier molecular flexibility index (Phi) is 4.01. The molecule has 0 amide bonds. The van der Waals surface area contributed by atoms with E-state index in [4.69, 9.17) is 10.5 Å². The van der Waals surface area contributed by atoms with Gasteiger partial charge in [-0.2, -0.15) is 0 Å². The number of aryl methyl sites for hydroxylation is 1. The molecule has 1 aromatic heterocycles. The first-order valence-corrected chi connectivity index (χ1v) is 6.94. The van der Waals surface area contributed by atoms with Gasteiger partial charge >= 0.3 is 0 Å². The predicted molar refractivity (Wildman–Crippen MR) is 71.7 cm³/mol. The molecule has 1 fully saturated rings. The molecule has 0 aliphatic carbocycles. The molecule has 96 valence electrons. The molecule has 4 nitrogen and oxygen atoms in total. The van der Waals surface area contributed by atoms with Crippen molar-refractivity contribution in [2.75, 3.05) is 25.2 Å². The average Bonchev–Trinajstić information content (AvgIpc) is 2.71. The predicted octanol–water partition coefficient (Wildman–Crippen LogP) is 2.09. The molecule has 17 heavy (non-hydrogen) atoms. The maximum atomic E-state index is 5.94. The fourth-order valence-corrected chi connectivity index (χ4v) is 3.25. The standard InChI is InChI=1S/C12H21N3OS/c1-8(13)11-9(2)14-12(17-11)15(3)10-4-6-16-7-5-10/h8,10H,4-7,13H2,1-3H3. The summed E-state index contributed by atoms with van der Waals surface area (Å²) in [6, 6.07) is 0.625. The minimum absolute atomic E-state index is 0.0735. The number of hydrogen-bond donors (Lipinski definition) is 1. The van der Waals surface area contributed by atoms with E-state index in [1.54, 1.807) is 11.3 Å². The van der Waals surface area contributed by atoms with Crippen LogP contribution in [0, 0.1) is 6.92 Å². The molecule has 0 radical (unpaired) electrons. The van der Waals surface area contributed by atoms with Crippen LogP contribution >= 0.6 is 11.3 Å². The Morgan fingerprint density at radius 3 is 2.65 bits per heavy atom. The van der Waals surface area contributed by atoms with E-state index in [2.05, 4.69) is 16.9 Å². The van der Waals surface area contributed by atoms with Gasteiger partial charge in [0.1, 0.15) is 0 Å². The van der Waals surface area contributed by atoms with Crippen LogP contribution in [0.3, 0.4) is 0 Å². The molecule has 1 atom stereocenters. The molecule has 2 N–H and O–H groups in total. The van der Waals surface area contributed by atoms with Crippen LogP contribution in [-0.4, -0.2) is 31.3 Å². The number of aromatic nitrogens is 1. The summed E-state index contributed by atoms with van der Waals surface area (Å²) >= 11 is 1.72. The lowest BCUT2D eigenvalue weighted by molar-refractivity contribution is 0.0855. The minimum Gasteiger partial charge on any atom is -0.381 e. The highest BCUT2D eigenvalue weighted by Crippen LogP contribution is 2.31. The Morgan fingerprint density at radius 2 is 2.12 bits per heavy atom. The number of nitrogens with two attached hydrogens (primary N) is 1. The van der Waals surface area contributed by atoms with Gasteiger partial charge in [-0.25, -0.2) is 4.98 Å². The zero-order valence-corrected chi connectivity index (χ0v) is 11.6. The van der Waals surface area contributed by atoms with Crippen molar-refractivity contribution in [3.63, 3.8) is 0 Å². The quantitative estimate of drug-likeness (QED) is 0.898. The van der Waals surface area contributed by atoms with Crippen LogP contribution in [0.5, 0.6) is 0 Å². The molecule has 1 aromatic rings. The van der Waals surface area contributed by atoms with Crippen molar-refractivity contribution >= 4 is 16.5 Å². The summed E-state index contributed by atoms with van der Waals surface area (Å²) in [5.41, 5.74) is 7.01. The summed E-state index contributed by atoms with van der Waals surface area (Å²) in [6.45, 7) is 5.77. The summed E-state index contributed by atoms with van der Waals surface area (Å²) in [4.78, 5) is 8.11. The molecule has 2 heterocycles. The Bertz CT molecular complexity index is 372. The SMILES string of the molecule is Cc1nc(N(C)C2CCOCC2)sc1C(C)N. The largest absolute Gasteiger partial charge is 0.381 e. The van der Waals surface area contributed by atoms with E-state index in [1.165, 1.54) is 4.88 Å².